The Bertz CT molecular complexity index is 517. The predicted molar refractivity (Wildman–Crippen MR) is 79.5 cm³/mol. The number of aliphatic hydroxyl groups is 1. The molecule has 1 aliphatic heterocycles. The second-order valence-corrected chi connectivity index (χ2v) is 5.72. The highest BCUT2D eigenvalue weighted by Crippen LogP contribution is 2.23. The molecule has 6 heteroatoms. The third kappa shape index (κ3) is 4.24. The molecule has 0 aliphatic carbocycles. The number of hydrogen-bond acceptors (Lipinski definition) is 3. The average Bonchev–Trinajstić information content (AvgIpc) is 2.48. The number of piperazine rings is 1. The molecular formula is C16H22F2N2O2. The molecule has 0 spiro atoms. The Hall–Kier alpha value is -1.53. The first kappa shape index (κ1) is 16.8. The van der Waals surface area contributed by atoms with Crippen LogP contribution in [0.2, 0.25) is 0 Å². The molecule has 0 bridgehead atoms. The van der Waals surface area contributed by atoms with Gasteiger partial charge in [-0.1, -0.05) is 13.0 Å². The molecule has 1 aliphatic rings. The van der Waals surface area contributed by atoms with Crippen LogP contribution < -0.4 is 0 Å². The van der Waals surface area contributed by atoms with Gasteiger partial charge in [-0.3, -0.25) is 9.69 Å². The van der Waals surface area contributed by atoms with Crippen molar-refractivity contribution in [3.8, 4) is 0 Å². The van der Waals surface area contributed by atoms with Crippen molar-refractivity contribution in [2.75, 3.05) is 39.3 Å². The second kappa shape index (κ2) is 7.65. The molecule has 4 nitrogen and oxygen atoms in total. The fraction of sp³-hybridized carbons (Fsp3) is 0.562. The molecule has 1 amide bonds. The molecular weight excluding hydrogens is 290 g/mol. The van der Waals surface area contributed by atoms with Crippen LogP contribution in [-0.4, -0.2) is 60.1 Å². The van der Waals surface area contributed by atoms with Crippen molar-refractivity contribution in [2.24, 2.45) is 0 Å². The fourth-order valence-corrected chi connectivity index (χ4v) is 2.76. The molecule has 0 aromatic heterocycles. The zero-order valence-corrected chi connectivity index (χ0v) is 12.8. The Balaban J connectivity index is 1.89. The second-order valence-electron chi connectivity index (χ2n) is 5.72. The number of nitrogens with zero attached hydrogens (tertiary/aromatic N) is 2. The van der Waals surface area contributed by atoms with Crippen molar-refractivity contribution in [2.45, 2.75) is 19.3 Å². The van der Waals surface area contributed by atoms with Gasteiger partial charge in [0.15, 0.2) is 0 Å². The minimum absolute atomic E-state index is 0.0140. The summed E-state index contributed by atoms with van der Waals surface area (Å²) in [6.07, 6.45) is 0.211. The van der Waals surface area contributed by atoms with Gasteiger partial charge in [-0.05, 0) is 17.5 Å². The van der Waals surface area contributed by atoms with Gasteiger partial charge in [-0.15, -0.1) is 0 Å². The Kier molecular flexibility index (Phi) is 5.85. The molecule has 122 valence electrons. The van der Waals surface area contributed by atoms with E-state index in [1.54, 1.807) is 11.8 Å². The van der Waals surface area contributed by atoms with Crippen LogP contribution in [0.4, 0.5) is 8.78 Å². The summed E-state index contributed by atoms with van der Waals surface area (Å²) in [5.41, 5.74) is 0.369. The highest BCUT2D eigenvalue weighted by molar-refractivity contribution is 5.77. The molecule has 1 atom stereocenters. The minimum Gasteiger partial charge on any atom is -0.395 e. The topological polar surface area (TPSA) is 43.8 Å². The lowest BCUT2D eigenvalue weighted by atomic mass is 9.96. The van der Waals surface area contributed by atoms with E-state index in [2.05, 4.69) is 4.90 Å². The third-order valence-corrected chi connectivity index (χ3v) is 4.12. The Morgan fingerprint density at radius 2 is 1.95 bits per heavy atom. The molecule has 1 aromatic rings. The van der Waals surface area contributed by atoms with Crippen LogP contribution in [0, 0.1) is 11.6 Å². The largest absolute Gasteiger partial charge is 0.395 e. The van der Waals surface area contributed by atoms with Crippen molar-refractivity contribution >= 4 is 5.91 Å². The zero-order chi connectivity index (χ0) is 16.1. The number of carbonyl (C=O) groups is 1. The van der Waals surface area contributed by atoms with Crippen molar-refractivity contribution in [3.63, 3.8) is 0 Å². The van der Waals surface area contributed by atoms with Gasteiger partial charge >= 0.3 is 0 Å². The molecule has 0 radical (unpaired) electrons. The van der Waals surface area contributed by atoms with Crippen LogP contribution in [0.1, 0.15) is 24.8 Å². The summed E-state index contributed by atoms with van der Waals surface area (Å²) in [6, 6.07) is 3.47. The maximum absolute atomic E-state index is 13.7. The molecule has 1 unspecified atom stereocenters. The van der Waals surface area contributed by atoms with Gasteiger partial charge in [0, 0.05) is 45.2 Å². The first-order valence-electron chi connectivity index (χ1n) is 7.57. The van der Waals surface area contributed by atoms with Gasteiger partial charge in [0.05, 0.1) is 6.61 Å². The van der Waals surface area contributed by atoms with Crippen LogP contribution in [0.5, 0.6) is 0 Å². The number of β-amino-alcohol motifs (C(OH)–C–C–N with tert-alkyl or cyclic N) is 1. The number of carbonyl (C=O) groups excluding carboxylic acids is 1. The standard InChI is InChI=1S/C16H22F2N2O2/c1-12(14-3-2-13(17)11-15(14)18)10-16(22)20-6-4-19(5-7-20)8-9-21/h2-3,11-12,21H,4-10H2,1H3. The Labute approximate surface area is 129 Å². The van der Waals surface area contributed by atoms with E-state index in [4.69, 9.17) is 5.11 Å². The van der Waals surface area contributed by atoms with E-state index < -0.39 is 11.6 Å². The molecule has 1 aromatic carbocycles. The molecule has 22 heavy (non-hydrogen) atoms. The van der Waals surface area contributed by atoms with E-state index in [0.717, 1.165) is 19.2 Å². The molecule has 1 heterocycles. The quantitative estimate of drug-likeness (QED) is 0.898. The Morgan fingerprint density at radius 3 is 2.55 bits per heavy atom. The maximum Gasteiger partial charge on any atom is 0.223 e. The van der Waals surface area contributed by atoms with Gasteiger partial charge in [0.1, 0.15) is 11.6 Å². The lowest BCUT2D eigenvalue weighted by molar-refractivity contribution is -0.133. The smallest absolute Gasteiger partial charge is 0.223 e. The summed E-state index contributed by atoms with van der Waals surface area (Å²) in [5.74, 6) is -1.52. The summed E-state index contributed by atoms with van der Waals surface area (Å²) < 4.78 is 26.7. The molecule has 0 saturated carbocycles. The Morgan fingerprint density at radius 1 is 1.27 bits per heavy atom. The fourth-order valence-electron chi connectivity index (χ4n) is 2.76. The normalized spacial score (nSPS) is 17.5. The first-order chi connectivity index (χ1) is 10.5. The van der Waals surface area contributed by atoms with Gasteiger partial charge < -0.3 is 10.0 Å². The first-order valence-corrected chi connectivity index (χ1v) is 7.57. The molecule has 1 saturated heterocycles. The highest BCUT2D eigenvalue weighted by atomic mass is 19.1. The SMILES string of the molecule is CC(CC(=O)N1CCN(CCO)CC1)c1ccc(F)cc1F. The monoisotopic (exact) mass is 312 g/mol. The van der Waals surface area contributed by atoms with Crippen LogP contribution in [0.15, 0.2) is 18.2 Å². The van der Waals surface area contributed by atoms with Gasteiger partial charge in [-0.2, -0.15) is 0 Å². The number of halogens is 2. The number of benzene rings is 1. The number of hydrogen-bond donors (Lipinski definition) is 1. The lowest BCUT2D eigenvalue weighted by Gasteiger charge is -2.34. The highest BCUT2D eigenvalue weighted by Gasteiger charge is 2.23. The van der Waals surface area contributed by atoms with Crippen LogP contribution in [0.3, 0.4) is 0 Å². The van der Waals surface area contributed by atoms with Crippen LogP contribution >= 0.6 is 0 Å². The summed E-state index contributed by atoms with van der Waals surface area (Å²) in [4.78, 5) is 16.2. The molecule has 2 rings (SSSR count). The van der Waals surface area contributed by atoms with Crippen molar-refractivity contribution in [1.29, 1.82) is 0 Å². The van der Waals surface area contributed by atoms with E-state index in [9.17, 15) is 13.6 Å². The van der Waals surface area contributed by atoms with E-state index in [1.807, 2.05) is 0 Å². The van der Waals surface area contributed by atoms with Crippen LogP contribution in [0.25, 0.3) is 0 Å². The number of aliphatic hydroxyl groups excluding tert-OH is 1. The van der Waals surface area contributed by atoms with E-state index in [0.29, 0.717) is 25.2 Å². The van der Waals surface area contributed by atoms with Gasteiger partial charge in [-0.25, -0.2) is 8.78 Å². The van der Waals surface area contributed by atoms with Crippen LogP contribution in [-0.2, 0) is 4.79 Å². The molecule has 1 fully saturated rings. The zero-order valence-electron chi connectivity index (χ0n) is 12.8. The summed E-state index contributed by atoms with van der Waals surface area (Å²) in [7, 11) is 0. The predicted octanol–water partition coefficient (Wildman–Crippen LogP) is 1.59. The van der Waals surface area contributed by atoms with Gasteiger partial charge in [0.25, 0.3) is 0 Å². The van der Waals surface area contributed by atoms with E-state index >= 15 is 0 Å². The average molecular weight is 312 g/mol. The third-order valence-electron chi connectivity index (χ3n) is 4.12. The van der Waals surface area contributed by atoms with E-state index in [1.165, 1.54) is 12.1 Å². The summed E-state index contributed by atoms with van der Waals surface area (Å²) >= 11 is 0. The summed E-state index contributed by atoms with van der Waals surface area (Å²) in [5, 5.41) is 8.90. The maximum atomic E-state index is 13.7. The van der Waals surface area contributed by atoms with E-state index in [-0.39, 0.29) is 24.9 Å². The number of rotatable bonds is 5. The van der Waals surface area contributed by atoms with Crippen molar-refractivity contribution in [3.05, 3.63) is 35.4 Å². The summed E-state index contributed by atoms with van der Waals surface area (Å²) in [6.45, 7) is 5.25. The van der Waals surface area contributed by atoms with Gasteiger partial charge in [0.2, 0.25) is 5.91 Å². The number of amides is 1. The van der Waals surface area contributed by atoms with Crippen molar-refractivity contribution in [1.82, 2.24) is 9.80 Å². The lowest BCUT2D eigenvalue weighted by Crippen LogP contribution is -2.49. The molecule has 1 N–H and O–H groups in total. The van der Waals surface area contributed by atoms with Crippen molar-refractivity contribution < 1.29 is 18.7 Å². The minimum atomic E-state index is -0.611.